The van der Waals surface area contributed by atoms with Crippen molar-refractivity contribution in [1.29, 1.82) is 0 Å². The number of hydrogen-bond acceptors (Lipinski definition) is 3. The van der Waals surface area contributed by atoms with Gasteiger partial charge in [0.1, 0.15) is 0 Å². The molecule has 0 heterocycles. The van der Waals surface area contributed by atoms with Crippen LogP contribution in [0.5, 0.6) is 0 Å². The first-order valence-corrected chi connectivity index (χ1v) is 3.25. The molecule has 3 N–H and O–H groups in total. The predicted octanol–water partition coefficient (Wildman–Crippen LogP) is -0.267. The molecule has 1 unspecified atom stereocenters. The molecule has 0 amide bonds. The maximum atomic E-state index is 8.29. The third-order valence-electron chi connectivity index (χ3n) is 1.09. The van der Waals surface area contributed by atoms with Gasteiger partial charge in [-0.3, -0.25) is 0 Å². The Balaban J connectivity index is 2.88. The number of ether oxygens (including phenoxy) is 1. The number of rotatable bonds is 5. The van der Waals surface area contributed by atoms with E-state index in [0.717, 1.165) is 6.42 Å². The summed E-state index contributed by atoms with van der Waals surface area (Å²) >= 11 is 0. The maximum absolute atomic E-state index is 8.29. The van der Waals surface area contributed by atoms with Gasteiger partial charge in [0, 0.05) is 6.04 Å². The van der Waals surface area contributed by atoms with Crippen molar-refractivity contribution in [3.63, 3.8) is 0 Å². The van der Waals surface area contributed by atoms with Gasteiger partial charge < -0.3 is 15.6 Å². The van der Waals surface area contributed by atoms with E-state index in [2.05, 4.69) is 0 Å². The lowest BCUT2D eigenvalue weighted by Crippen LogP contribution is -2.25. The monoisotopic (exact) mass is 133 g/mol. The van der Waals surface area contributed by atoms with Crippen molar-refractivity contribution in [2.75, 3.05) is 19.8 Å². The Kier molecular flexibility index (Phi) is 5.93. The SMILES string of the molecule is CCC(N)COCCO. The number of hydrogen-bond donors (Lipinski definition) is 2. The van der Waals surface area contributed by atoms with Crippen LogP contribution < -0.4 is 5.73 Å². The molecular formula is C6H15NO2. The van der Waals surface area contributed by atoms with E-state index in [1.165, 1.54) is 0 Å². The summed E-state index contributed by atoms with van der Waals surface area (Å²) in [4.78, 5) is 0. The highest BCUT2D eigenvalue weighted by Gasteiger charge is 1.96. The highest BCUT2D eigenvalue weighted by Crippen LogP contribution is 1.85. The lowest BCUT2D eigenvalue weighted by Gasteiger charge is -2.07. The fourth-order valence-electron chi connectivity index (χ4n) is 0.417. The van der Waals surface area contributed by atoms with E-state index in [9.17, 15) is 0 Å². The maximum Gasteiger partial charge on any atom is 0.0698 e. The molecule has 0 aromatic heterocycles. The van der Waals surface area contributed by atoms with Gasteiger partial charge in [-0.05, 0) is 6.42 Å². The highest BCUT2D eigenvalue weighted by molar-refractivity contribution is 4.54. The minimum Gasteiger partial charge on any atom is -0.394 e. The van der Waals surface area contributed by atoms with E-state index < -0.39 is 0 Å². The van der Waals surface area contributed by atoms with Crippen LogP contribution in [0, 0.1) is 0 Å². The predicted molar refractivity (Wildman–Crippen MR) is 36.2 cm³/mol. The third-order valence-corrected chi connectivity index (χ3v) is 1.09. The van der Waals surface area contributed by atoms with Crippen molar-refractivity contribution >= 4 is 0 Å². The molecule has 0 spiro atoms. The zero-order valence-electron chi connectivity index (χ0n) is 5.84. The molecule has 0 aromatic carbocycles. The van der Waals surface area contributed by atoms with Gasteiger partial charge in [0.05, 0.1) is 19.8 Å². The van der Waals surface area contributed by atoms with Crippen LogP contribution in [0.1, 0.15) is 13.3 Å². The zero-order valence-corrected chi connectivity index (χ0v) is 5.84. The van der Waals surface area contributed by atoms with Crippen molar-refractivity contribution in [1.82, 2.24) is 0 Å². The number of aliphatic hydroxyl groups excluding tert-OH is 1. The molecule has 0 saturated carbocycles. The first kappa shape index (κ1) is 8.88. The molecule has 0 saturated heterocycles. The van der Waals surface area contributed by atoms with Crippen LogP contribution in [0.25, 0.3) is 0 Å². The second-order valence-corrected chi connectivity index (χ2v) is 1.97. The Morgan fingerprint density at radius 1 is 1.67 bits per heavy atom. The van der Waals surface area contributed by atoms with Gasteiger partial charge in [-0.1, -0.05) is 6.92 Å². The third kappa shape index (κ3) is 5.76. The van der Waals surface area contributed by atoms with Crippen molar-refractivity contribution in [3.05, 3.63) is 0 Å². The normalized spacial score (nSPS) is 13.7. The van der Waals surface area contributed by atoms with Crippen molar-refractivity contribution in [2.24, 2.45) is 5.73 Å². The fourth-order valence-corrected chi connectivity index (χ4v) is 0.417. The smallest absolute Gasteiger partial charge is 0.0698 e. The summed E-state index contributed by atoms with van der Waals surface area (Å²) in [5, 5.41) is 8.29. The first-order valence-electron chi connectivity index (χ1n) is 3.25. The zero-order chi connectivity index (χ0) is 7.11. The Morgan fingerprint density at radius 2 is 2.33 bits per heavy atom. The average Bonchev–Trinajstić information content (AvgIpc) is 1.89. The lowest BCUT2D eigenvalue weighted by atomic mass is 10.3. The van der Waals surface area contributed by atoms with Gasteiger partial charge in [0.2, 0.25) is 0 Å². The molecule has 0 radical (unpaired) electrons. The Bertz CT molecular complexity index is 59.0. The van der Waals surface area contributed by atoms with E-state index in [-0.39, 0.29) is 12.6 Å². The minimum absolute atomic E-state index is 0.0798. The largest absolute Gasteiger partial charge is 0.394 e. The molecule has 0 rings (SSSR count). The first-order chi connectivity index (χ1) is 4.31. The van der Waals surface area contributed by atoms with Crippen molar-refractivity contribution < 1.29 is 9.84 Å². The minimum atomic E-state index is 0.0798. The summed E-state index contributed by atoms with van der Waals surface area (Å²) in [6.45, 7) is 3.04. The van der Waals surface area contributed by atoms with Crippen molar-refractivity contribution in [3.8, 4) is 0 Å². The average molecular weight is 133 g/mol. The summed E-state index contributed by atoms with van der Waals surface area (Å²) < 4.78 is 4.96. The second-order valence-electron chi connectivity index (χ2n) is 1.97. The molecule has 56 valence electrons. The molecule has 0 aliphatic heterocycles. The summed E-state index contributed by atoms with van der Waals surface area (Å²) in [6.07, 6.45) is 0.922. The highest BCUT2D eigenvalue weighted by atomic mass is 16.5. The van der Waals surface area contributed by atoms with Gasteiger partial charge in [0.15, 0.2) is 0 Å². The quantitative estimate of drug-likeness (QED) is 0.508. The molecule has 9 heavy (non-hydrogen) atoms. The Hall–Kier alpha value is -0.120. The van der Waals surface area contributed by atoms with Crippen LogP contribution >= 0.6 is 0 Å². The summed E-state index contributed by atoms with van der Waals surface area (Å²) in [6, 6.07) is 0.122. The fraction of sp³-hybridized carbons (Fsp3) is 1.00. The topological polar surface area (TPSA) is 55.5 Å². The molecule has 0 aromatic rings. The lowest BCUT2D eigenvalue weighted by molar-refractivity contribution is 0.0826. The summed E-state index contributed by atoms with van der Waals surface area (Å²) in [7, 11) is 0. The molecule has 3 heteroatoms. The van der Waals surface area contributed by atoms with Gasteiger partial charge in [-0.25, -0.2) is 0 Å². The Morgan fingerprint density at radius 3 is 2.78 bits per heavy atom. The molecule has 1 atom stereocenters. The number of nitrogens with two attached hydrogens (primary N) is 1. The van der Waals surface area contributed by atoms with Gasteiger partial charge in [0.25, 0.3) is 0 Å². The second kappa shape index (κ2) is 6.01. The molecular weight excluding hydrogens is 118 g/mol. The standard InChI is InChI=1S/C6H15NO2/c1-2-6(7)5-9-4-3-8/h6,8H,2-5,7H2,1H3. The van der Waals surface area contributed by atoms with E-state index in [4.69, 9.17) is 15.6 Å². The van der Waals surface area contributed by atoms with Gasteiger partial charge >= 0.3 is 0 Å². The summed E-state index contributed by atoms with van der Waals surface area (Å²) in [5.41, 5.74) is 5.51. The van der Waals surface area contributed by atoms with E-state index in [1.807, 2.05) is 6.92 Å². The molecule has 3 nitrogen and oxygen atoms in total. The van der Waals surface area contributed by atoms with Gasteiger partial charge in [-0.15, -0.1) is 0 Å². The van der Waals surface area contributed by atoms with Crippen LogP contribution in [-0.4, -0.2) is 31.0 Å². The van der Waals surface area contributed by atoms with Crippen LogP contribution in [0.15, 0.2) is 0 Å². The summed E-state index contributed by atoms with van der Waals surface area (Å²) in [5.74, 6) is 0. The Labute approximate surface area is 55.8 Å². The number of aliphatic hydroxyl groups is 1. The molecule has 0 bridgehead atoms. The van der Waals surface area contributed by atoms with Crippen LogP contribution in [0.3, 0.4) is 0 Å². The van der Waals surface area contributed by atoms with E-state index in [1.54, 1.807) is 0 Å². The molecule has 0 aliphatic carbocycles. The van der Waals surface area contributed by atoms with Crippen LogP contribution in [-0.2, 0) is 4.74 Å². The molecule has 0 fully saturated rings. The van der Waals surface area contributed by atoms with Crippen LogP contribution in [0.4, 0.5) is 0 Å². The molecule has 0 aliphatic rings. The van der Waals surface area contributed by atoms with Crippen LogP contribution in [0.2, 0.25) is 0 Å². The van der Waals surface area contributed by atoms with E-state index in [0.29, 0.717) is 13.2 Å². The van der Waals surface area contributed by atoms with Crippen molar-refractivity contribution in [2.45, 2.75) is 19.4 Å². The van der Waals surface area contributed by atoms with E-state index >= 15 is 0 Å². The van der Waals surface area contributed by atoms with Gasteiger partial charge in [-0.2, -0.15) is 0 Å².